The van der Waals surface area contributed by atoms with Crippen LogP contribution in [0, 0.1) is 0 Å². The van der Waals surface area contributed by atoms with Gasteiger partial charge in [-0.25, -0.2) is 4.98 Å². The Morgan fingerprint density at radius 2 is 2.45 bits per heavy atom. The Kier molecular flexibility index (Phi) is 1.25. The molecule has 4 heteroatoms. The van der Waals surface area contributed by atoms with Crippen molar-refractivity contribution in [1.82, 2.24) is 19.7 Å². The van der Waals surface area contributed by atoms with Gasteiger partial charge in [0.05, 0.1) is 23.9 Å². The van der Waals surface area contributed by atoms with E-state index in [2.05, 4.69) is 15.2 Å². The first-order valence-corrected chi connectivity index (χ1v) is 3.34. The third-order valence-corrected chi connectivity index (χ3v) is 1.59. The van der Waals surface area contributed by atoms with Gasteiger partial charge in [0, 0.05) is 13.2 Å². The summed E-state index contributed by atoms with van der Waals surface area (Å²) in [4.78, 5) is 3.99. The summed E-state index contributed by atoms with van der Waals surface area (Å²) >= 11 is 0. The number of hydrogen-bond donors (Lipinski definition) is 1. The van der Waals surface area contributed by atoms with Crippen LogP contribution in [-0.4, -0.2) is 19.7 Å². The zero-order valence-corrected chi connectivity index (χ0v) is 6.15. The molecule has 2 heterocycles. The maximum atomic E-state index is 3.99. The number of nitrogens with one attached hydrogen (secondary N) is 1. The van der Waals surface area contributed by atoms with Crippen LogP contribution in [0.3, 0.4) is 0 Å². The lowest BCUT2D eigenvalue weighted by molar-refractivity contribution is 0.913. The second-order valence-electron chi connectivity index (χ2n) is 2.36. The summed E-state index contributed by atoms with van der Waals surface area (Å²) in [6.07, 6.45) is 5.28. The van der Waals surface area contributed by atoms with Gasteiger partial charge in [0.15, 0.2) is 0 Å². The van der Waals surface area contributed by atoms with Crippen molar-refractivity contribution >= 4 is 0 Å². The fraction of sp³-hybridized carbons (Fsp3) is 0.143. The highest BCUT2D eigenvalue weighted by molar-refractivity contribution is 5.52. The van der Waals surface area contributed by atoms with Gasteiger partial charge in [-0.2, -0.15) is 5.10 Å². The summed E-state index contributed by atoms with van der Waals surface area (Å²) in [7, 11) is 1.95. The molecule has 0 radical (unpaired) electrons. The van der Waals surface area contributed by atoms with Gasteiger partial charge in [0.1, 0.15) is 0 Å². The molecule has 0 fully saturated rings. The third kappa shape index (κ3) is 0.920. The number of rotatable bonds is 1. The van der Waals surface area contributed by atoms with Gasteiger partial charge in [0.2, 0.25) is 0 Å². The van der Waals surface area contributed by atoms with Crippen LogP contribution < -0.4 is 0 Å². The number of H-pyrrole nitrogens is 1. The number of hydrogen-bond acceptors (Lipinski definition) is 2. The van der Waals surface area contributed by atoms with E-state index in [1.807, 2.05) is 17.7 Å². The lowest BCUT2D eigenvalue weighted by Gasteiger charge is -1.95. The molecule has 0 atom stereocenters. The van der Waals surface area contributed by atoms with Crippen LogP contribution in [0.2, 0.25) is 0 Å². The van der Waals surface area contributed by atoms with Gasteiger partial charge in [-0.1, -0.05) is 0 Å². The Hall–Kier alpha value is -1.58. The predicted octanol–water partition coefficient (Wildman–Crippen LogP) is 0.810. The second kappa shape index (κ2) is 2.23. The highest BCUT2D eigenvalue weighted by atomic mass is 15.1. The molecule has 0 spiro atoms. The molecule has 0 unspecified atom stereocenters. The van der Waals surface area contributed by atoms with Crippen molar-refractivity contribution < 1.29 is 0 Å². The Morgan fingerprint density at radius 3 is 3.00 bits per heavy atom. The number of imidazole rings is 1. The molecule has 1 N–H and O–H groups in total. The Morgan fingerprint density at radius 1 is 1.55 bits per heavy atom. The van der Waals surface area contributed by atoms with Gasteiger partial charge < -0.3 is 4.57 Å². The second-order valence-corrected chi connectivity index (χ2v) is 2.36. The van der Waals surface area contributed by atoms with E-state index in [9.17, 15) is 0 Å². The van der Waals surface area contributed by atoms with E-state index in [1.165, 1.54) is 0 Å². The topological polar surface area (TPSA) is 46.5 Å². The van der Waals surface area contributed by atoms with Crippen molar-refractivity contribution in [2.45, 2.75) is 0 Å². The van der Waals surface area contributed by atoms with Crippen LogP contribution in [0.25, 0.3) is 11.4 Å². The smallest absolute Gasteiger partial charge is 0.0948 e. The fourth-order valence-electron chi connectivity index (χ4n) is 1.02. The molecular formula is C7H8N4. The summed E-state index contributed by atoms with van der Waals surface area (Å²) in [5, 5.41) is 6.72. The maximum absolute atomic E-state index is 3.99. The van der Waals surface area contributed by atoms with Gasteiger partial charge in [-0.3, -0.25) is 5.10 Å². The van der Waals surface area contributed by atoms with Crippen LogP contribution in [0.4, 0.5) is 0 Å². The van der Waals surface area contributed by atoms with E-state index in [0.717, 1.165) is 11.4 Å². The van der Waals surface area contributed by atoms with E-state index in [1.54, 1.807) is 18.7 Å². The molecule has 11 heavy (non-hydrogen) atoms. The summed E-state index contributed by atoms with van der Waals surface area (Å²) in [5.41, 5.74) is 2.03. The van der Waals surface area contributed by atoms with E-state index in [-0.39, 0.29) is 0 Å². The van der Waals surface area contributed by atoms with E-state index in [0.29, 0.717) is 0 Å². The summed E-state index contributed by atoms with van der Waals surface area (Å²) in [6, 6.07) is 1.91. The minimum Gasteiger partial charge on any atom is -0.333 e. The molecule has 0 saturated heterocycles. The fourth-order valence-corrected chi connectivity index (χ4v) is 1.02. The maximum Gasteiger partial charge on any atom is 0.0948 e. The number of nitrogens with zero attached hydrogens (tertiary/aromatic N) is 3. The van der Waals surface area contributed by atoms with Crippen molar-refractivity contribution in [2.75, 3.05) is 0 Å². The van der Waals surface area contributed by atoms with Crippen LogP contribution >= 0.6 is 0 Å². The molecule has 2 aromatic heterocycles. The molecule has 4 nitrogen and oxygen atoms in total. The Labute approximate surface area is 63.9 Å². The van der Waals surface area contributed by atoms with Gasteiger partial charge >= 0.3 is 0 Å². The quantitative estimate of drug-likeness (QED) is 0.650. The highest BCUT2D eigenvalue weighted by Crippen LogP contribution is 2.12. The largest absolute Gasteiger partial charge is 0.333 e. The van der Waals surface area contributed by atoms with Crippen molar-refractivity contribution in [3.8, 4) is 11.4 Å². The normalized spacial score (nSPS) is 10.3. The molecule has 0 aromatic carbocycles. The summed E-state index contributed by atoms with van der Waals surface area (Å²) in [5.74, 6) is 0. The Bertz CT molecular complexity index is 333. The molecule has 0 amide bonds. The minimum absolute atomic E-state index is 0.991. The molecule has 56 valence electrons. The zero-order valence-electron chi connectivity index (χ0n) is 6.15. The number of aryl methyl sites for hydroxylation is 1. The zero-order chi connectivity index (χ0) is 7.68. The van der Waals surface area contributed by atoms with Crippen molar-refractivity contribution in [3.05, 3.63) is 24.8 Å². The van der Waals surface area contributed by atoms with E-state index < -0.39 is 0 Å². The lowest BCUT2D eigenvalue weighted by atomic mass is 10.3. The molecule has 2 aromatic rings. The molecule has 0 aliphatic heterocycles. The van der Waals surface area contributed by atoms with Crippen molar-refractivity contribution in [3.63, 3.8) is 0 Å². The minimum atomic E-state index is 0.991. The highest BCUT2D eigenvalue weighted by Gasteiger charge is 2.01. The van der Waals surface area contributed by atoms with Gasteiger partial charge in [-0.05, 0) is 6.07 Å². The van der Waals surface area contributed by atoms with Gasteiger partial charge in [-0.15, -0.1) is 0 Å². The molecule has 0 aliphatic rings. The van der Waals surface area contributed by atoms with Gasteiger partial charge in [0.25, 0.3) is 0 Å². The average molecular weight is 148 g/mol. The third-order valence-electron chi connectivity index (χ3n) is 1.59. The number of aromatic amines is 1. The van der Waals surface area contributed by atoms with Crippen LogP contribution in [-0.2, 0) is 7.05 Å². The number of aromatic nitrogens is 4. The summed E-state index contributed by atoms with van der Waals surface area (Å²) in [6.45, 7) is 0. The van der Waals surface area contributed by atoms with Crippen molar-refractivity contribution in [2.24, 2.45) is 7.05 Å². The van der Waals surface area contributed by atoms with E-state index in [4.69, 9.17) is 0 Å². The molecule has 0 aliphatic carbocycles. The molecule has 2 rings (SSSR count). The lowest BCUT2D eigenvalue weighted by Crippen LogP contribution is -1.88. The SMILES string of the molecule is Cn1cncc1-c1ccn[nH]1. The standard InChI is InChI=1S/C7H8N4/c1-11-5-8-4-7(11)6-2-3-9-10-6/h2-5H,1H3,(H,9,10). The molecule has 0 saturated carbocycles. The Balaban J connectivity index is 2.53. The predicted molar refractivity (Wildman–Crippen MR) is 40.8 cm³/mol. The first-order valence-electron chi connectivity index (χ1n) is 3.34. The van der Waals surface area contributed by atoms with Crippen LogP contribution in [0.15, 0.2) is 24.8 Å². The van der Waals surface area contributed by atoms with E-state index >= 15 is 0 Å². The average Bonchev–Trinajstić information content (AvgIpc) is 2.55. The summed E-state index contributed by atoms with van der Waals surface area (Å²) < 4.78 is 1.94. The molecule has 0 bridgehead atoms. The first-order chi connectivity index (χ1) is 5.38. The monoisotopic (exact) mass is 148 g/mol. The van der Waals surface area contributed by atoms with Crippen LogP contribution in [0.1, 0.15) is 0 Å². The van der Waals surface area contributed by atoms with Crippen LogP contribution in [0.5, 0.6) is 0 Å². The first kappa shape index (κ1) is 6.15. The molecular weight excluding hydrogens is 140 g/mol. The van der Waals surface area contributed by atoms with Crippen molar-refractivity contribution in [1.29, 1.82) is 0 Å².